The number of aromatic nitrogens is 1. The number of benzene rings is 1. The average Bonchev–Trinajstić information content (AvgIpc) is 3.16. The predicted molar refractivity (Wildman–Crippen MR) is 128 cm³/mol. The van der Waals surface area contributed by atoms with Gasteiger partial charge in [0.25, 0.3) is 0 Å². The summed E-state index contributed by atoms with van der Waals surface area (Å²) in [5.74, 6) is 2.63. The molecule has 9 heteroatoms. The Balaban J connectivity index is 0.00000320. The molecular formula is C21H32IN5O3. The van der Waals surface area contributed by atoms with Crippen LogP contribution in [0.15, 0.2) is 39.8 Å². The molecule has 166 valence electrons. The molecule has 0 spiro atoms. The Morgan fingerprint density at radius 2 is 2.00 bits per heavy atom. The molecule has 1 saturated heterocycles. The van der Waals surface area contributed by atoms with E-state index < -0.39 is 0 Å². The van der Waals surface area contributed by atoms with Crippen LogP contribution in [0.4, 0.5) is 0 Å². The zero-order chi connectivity index (χ0) is 20.5. The molecule has 0 bridgehead atoms. The Labute approximate surface area is 195 Å². The van der Waals surface area contributed by atoms with Crippen molar-refractivity contribution in [1.29, 1.82) is 0 Å². The molecule has 1 fully saturated rings. The third kappa shape index (κ3) is 7.13. The number of aliphatic imine (C=N–C) groups is 1. The van der Waals surface area contributed by atoms with Gasteiger partial charge in [-0.1, -0.05) is 23.4 Å². The van der Waals surface area contributed by atoms with Crippen molar-refractivity contribution in [1.82, 2.24) is 20.3 Å². The van der Waals surface area contributed by atoms with Crippen molar-refractivity contribution < 1.29 is 14.0 Å². The van der Waals surface area contributed by atoms with Crippen LogP contribution in [0.25, 0.3) is 0 Å². The summed E-state index contributed by atoms with van der Waals surface area (Å²) in [5.41, 5.74) is 2.04. The minimum Gasteiger partial charge on any atom is -0.496 e. The normalized spacial score (nSPS) is 15.0. The lowest BCUT2D eigenvalue weighted by Gasteiger charge is -2.36. The Bertz CT molecular complexity index is 790. The van der Waals surface area contributed by atoms with Crippen LogP contribution in [-0.2, 0) is 17.9 Å². The third-order valence-electron chi connectivity index (χ3n) is 4.93. The maximum absolute atomic E-state index is 5.79. The Kier molecular flexibility index (Phi) is 10.4. The molecule has 1 aliphatic rings. The van der Waals surface area contributed by atoms with Gasteiger partial charge in [0, 0.05) is 57.9 Å². The van der Waals surface area contributed by atoms with E-state index in [1.807, 2.05) is 44.3 Å². The molecule has 0 atom stereocenters. The molecule has 1 aliphatic heterocycles. The monoisotopic (exact) mass is 529 g/mol. The van der Waals surface area contributed by atoms with Gasteiger partial charge in [0.2, 0.25) is 0 Å². The Morgan fingerprint density at radius 3 is 2.67 bits per heavy atom. The van der Waals surface area contributed by atoms with Crippen LogP contribution in [-0.4, -0.2) is 74.4 Å². The second kappa shape index (κ2) is 12.8. The van der Waals surface area contributed by atoms with Gasteiger partial charge in [-0.15, -0.1) is 24.0 Å². The highest BCUT2D eigenvalue weighted by Gasteiger charge is 2.20. The first-order chi connectivity index (χ1) is 14.2. The highest BCUT2D eigenvalue weighted by molar-refractivity contribution is 14.0. The van der Waals surface area contributed by atoms with E-state index in [1.54, 1.807) is 7.11 Å². The maximum Gasteiger partial charge on any atom is 0.193 e. The van der Waals surface area contributed by atoms with Crippen LogP contribution in [0.3, 0.4) is 0 Å². The van der Waals surface area contributed by atoms with E-state index in [1.165, 1.54) is 0 Å². The van der Waals surface area contributed by atoms with Gasteiger partial charge in [-0.05, 0) is 13.0 Å². The smallest absolute Gasteiger partial charge is 0.193 e. The average molecular weight is 529 g/mol. The number of guanidine groups is 1. The SMILES string of the molecule is CN=C(NCCOCc1ccccc1OC)N1CCN(Cc2cc(C)on2)CC1.I. The minimum absolute atomic E-state index is 0. The predicted octanol–water partition coefficient (Wildman–Crippen LogP) is 2.52. The standard InChI is InChI=1S/C21H31N5O3.HI/c1-17-14-19(24-29-17)15-25-9-11-26(12-10-25)21(22-2)23-8-13-28-16-18-6-4-5-7-20(18)27-3;/h4-7,14H,8-13,15-16H2,1-3H3,(H,22,23);1H. The molecule has 1 aromatic heterocycles. The fraction of sp³-hybridized carbons (Fsp3) is 0.524. The van der Waals surface area contributed by atoms with Crippen molar-refractivity contribution in [2.24, 2.45) is 4.99 Å². The largest absolute Gasteiger partial charge is 0.496 e. The topological polar surface area (TPSA) is 75.4 Å². The van der Waals surface area contributed by atoms with Crippen LogP contribution in [0.1, 0.15) is 17.0 Å². The highest BCUT2D eigenvalue weighted by atomic mass is 127. The van der Waals surface area contributed by atoms with Crippen LogP contribution in [0, 0.1) is 6.92 Å². The fourth-order valence-corrected chi connectivity index (χ4v) is 3.41. The molecule has 0 unspecified atom stereocenters. The van der Waals surface area contributed by atoms with E-state index in [-0.39, 0.29) is 24.0 Å². The lowest BCUT2D eigenvalue weighted by molar-refractivity contribution is 0.122. The summed E-state index contributed by atoms with van der Waals surface area (Å²) in [5, 5.41) is 7.48. The molecule has 8 nitrogen and oxygen atoms in total. The number of nitrogens with zero attached hydrogens (tertiary/aromatic N) is 4. The maximum atomic E-state index is 5.79. The van der Waals surface area contributed by atoms with E-state index >= 15 is 0 Å². The van der Waals surface area contributed by atoms with Crippen molar-refractivity contribution in [3.8, 4) is 5.75 Å². The Hall–Kier alpha value is -1.85. The molecule has 2 heterocycles. The number of piperazine rings is 1. The van der Waals surface area contributed by atoms with E-state index in [9.17, 15) is 0 Å². The number of nitrogens with one attached hydrogen (secondary N) is 1. The van der Waals surface area contributed by atoms with Crippen molar-refractivity contribution in [3.05, 3.63) is 47.3 Å². The van der Waals surface area contributed by atoms with E-state index in [0.717, 1.165) is 61.5 Å². The van der Waals surface area contributed by atoms with Gasteiger partial charge in [-0.2, -0.15) is 0 Å². The van der Waals surface area contributed by atoms with Gasteiger partial charge in [0.15, 0.2) is 5.96 Å². The quantitative estimate of drug-likeness (QED) is 0.244. The second-order valence-electron chi connectivity index (χ2n) is 7.03. The first kappa shape index (κ1) is 24.4. The van der Waals surface area contributed by atoms with Gasteiger partial charge >= 0.3 is 0 Å². The number of methoxy groups -OCH3 is 1. The first-order valence-electron chi connectivity index (χ1n) is 9.99. The molecule has 0 aliphatic carbocycles. The molecule has 0 amide bonds. The van der Waals surface area contributed by atoms with Crippen molar-refractivity contribution in [3.63, 3.8) is 0 Å². The zero-order valence-corrected chi connectivity index (χ0v) is 20.3. The molecule has 1 aromatic carbocycles. The zero-order valence-electron chi connectivity index (χ0n) is 18.0. The summed E-state index contributed by atoms with van der Waals surface area (Å²) in [6, 6.07) is 9.91. The molecule has 1 N–H and O–H groups in total. The van der Waals surface area contributed by atoms with Gasteiger partial charge < -0.3 is 24.2 Å². The van der Waals surface area contributed by atoms with Crippen molar-refractivity contribution in [2.75, 3.05) is 53.5 Å². The lowest BCUT2D eigenvalue weighted by Crippen LogP contribution is -2.52. The number of ether oxygens (including phenoxy) is 2. The fourth-order valence-electron chi connectivity index (χ4n) is 3.41. The summed E-state index contributed by atoms with van der Waals surface area (Å²) in [7, 11) is 3.50. The van der Waals surface area contributed by atoms with E-state index in [0.29, 0.717) is 19.8 Å². The van der Waals surface area contributed by atoms with Crippen LogP contribution < -0.4 is 10.1 Å². The van der Waals surface area contributed by atoms with E-state index in [2.05, 4.69) is 25.3 Å². The molecular weight excluding hydrogens is 497 g/mol. The molecule has 30 heavy (non-hydrogen) atoms. The summed E-state index contributed by atoms with van der Waals surface area (Å²) in [4.78, 5) is 9.09. The lowest BCUT2D eigenvalue weighted by atomic mass is 10.2. The van der Waals surface area contributed by atoms with Gasteiger partial charge in [-0.3, -0.25) is 9.89 Å². The highest BCUT2D eigenvalue weighted by Crippen LogP contribution is 2.17. The summed E-state index contributed by atoms with van der Waals surface area (Å²) in [6.45, 7) is 8.39. The molecule has 0 saturated carbocycles. The summed E-state index contributed by atoms with van der Waals surface area (Å²) < 4.78 is 16.3. The second-order valence-corrected chi connectivity index (χ2v) is 7.03. The minimum atomic E-state index is 0. The van der Waals surface area contributed by atoms with Crippen molar-refractivity contribution in [2.45, 2.75) is 20.1 Å². The third-order valence-corrected chi connectivity index (χ3v) is 4.93. The first-order valence-corrected chi connectivity index (χ1v) is 9.99. The van der Waals surface area contributed by atoms with Gasteiger partial charge in [0.05, 0.1) is 26.0 Å². The van der Waals surface area contributed by atoms with Crippen LogP contribution >= 0.6 is 24.0 Å². The van der Waals surface area contributed by atoms with Crippen LogP contribution in [0.2, 0.25) is 0 Å². The molecule has 0 radical (unpaired) electrons. The molecule has 2 aromatic rings. The number of hydrogen-bond acceptors (Lipinski definition) is 6. The summed E-state index contributed by atoms with van der Waals surface area (Å²) in [6.07, 6.45) is 0. The Morgan fingerprint density at radius 1 is 1.23 bits per heavy atom. The molecule has 3 rings (SSSR count). The number of para-hydroxylation sites is 1. The number of aryl methyl sites for hydroxylation is 1. The van der Waals surface area contributed by atoms with Gasteiger partial charge in [-0.25, -0.2) is 0 Å². The van der Waals surface area contributed by atoms with Crippen LogP contribution in [0.5, 0.6) is 5.75 Å². The van der Waals surface area contributed by atoms with E-state index in [4.69, 9.17) is 14.0 Å². The van der Waals surface area contributed by atoms with Gasteiger partial charge in [0.1, 0.15) is 11.5 Å². The summed E-state index contributed by atoms with van der Waals surface area (Å²) >= 11 is 0. The van der Waals surface area contributed by atoms with Crippen molar-refractivity contribution >= 4 is 29.9 Å². The number of hydrogen-bond donors (Lipinski definition) is 1. The number of rotatable bonds is 8. The number of halogens is 1.